The Bertz CT molecular complexity index is 651. The fourth-order valence-corrected chi connectivity index (χ4v) is 2.91. The minimum atomic E-state index is -0.176. The second kappa shape index (κ2) is 4.99. The van der Waals surface area contributed by atoms with Crippen LogP contribution in [0, 0.1) is 0 Å². The van der Waals surface area contributed by atoms with Crippen molar-refractivity contribution >= 4 is 46.1 Å². The molecule has 1 amide bonds. The van der Waals surface area contributed by atoms with Gasteiger partial charge in [0.2, 0.25) is 0 Å². The zero-order chi connectivity index (χ0) is 13.2. The Kier molecular flexibility index (Phi) is 3.18. The second-order valence-corrected chi connectivity index (χ2v) is 5.40. The van der Waals surface area contributed by atoms with Crippen molar-refractivity contribution in [3.05, 3.63) is 53.5 Å². The number of thioether (sulfide) groups is 1. The molecule has 1 aliphatic heterocycles. The SMILES string of the molecule is O=C1/C(=C/c2ccco2)SC(=S)N1c1ccccn1. The summed E-state index contributed by atoms with van der Waals surface area (Å²) in [5.74, 6) is 0.986. The third-order valence-electron chi connectivity index (χ3n) is 2.49. The maximum absolute atomic E-state index is 12.3. The number of carbonyl (C=O) groups is 1. The van der Waals surface area contributed by atoms with Gasteiger partial charge in [0.25, 0.3) is 5.91 Å². The number of hydrogen-bond acceptors (Lipinski definition) is 5. The van der Waals surface area contributed by atoms with Crippen molar-refractivity contribution in [2.75, 3.05) is 4.90 Å². The highest BCUT2D eigenvalue weighted by Crippen LogP contribution is 2.34. The summed E-state index contributed by atoms with van der Waals surface area (Å²) in [6, 6.07) is 8.91. The number of furan rings is 1. The van der Waals surface area contributed by atoms with Gasteiger partial charge in [0.1, 0.15) is 11.6 Å². The van der Waals surface area contributed by atoms with Gasteiger partial charge in [-0.2, -0.15) is 0 Å². The molecule has 0 aromatic carbocycles. The quantitative estimate of drug-likeness (QED) is 0.628. The molecule has 1 fully saturated rings. The van der Waals surface area contributed by atoms with Gasteiger partial charge in [0.15, 0.2) is 4.32 Å². The standard InChI is InChI=1S/C13H8N2O2S2/c16-12-10(8-9-4-3-7-17-9)19-13(18)15(12)11-5-1-2-6-14-11/h1-8H/b10-8-. The molecule has 0 N–H and O–H groups in total. The van der Waals surface area contributed by atoms with Gasteiger partial charge < -0.3 is 4.42 Å². The number of amides is 1. The summed E-state index contributed by atoms with van der Waals surface area (Å²) in [7, 11) is 0. The lowest BCUT2D eigenvalue weighted by molar-refractivity contribution is -0.113. The van der Waals surface area contributed by atoms with E-state index in [-0.39, 0.29) is 5.91 Å². The molecular weight excluding hydrogens is 280 g/mol. The van der Waals surface area contributed by atoms with E-state index < -0.39 is 0 Å². The largest absolute Gasteiger partial charge is 0.465 e. The Morgan fingerprint density at radius 3 is 2.89 bits per heavy atom. The summed E-state index contributed by atoms with van der Waals surface area (Å²) >= 11 is 6.47. The Hall–Kier alpha value is -1.92. The zero-order valence-corrected chi connectivity index (χ0v) is 11.3. The molecule has 2 aromatic rings. The van der Waals surface area contributed by atoms with Crippen molar-refractivity contribution in [2.24, 2.45) is 0 Å². The Balaban J connectivity index is 1.94. The van der Waals surface area contributed by atoms with Gasteiger partial charge in [0.05, 0.1) is 11.2 Å². The van der Waals surface area contributed by atoms with Gasteiger partial charge >= 0.3 is 0 Å². The van der Waals surface area contributed by atoms with Gasteiger partial charge in [-0.3, -0.25) is 4.79 Å². The molecule has 0 spiro atoms. The van der Waals surface area contributed by atoms with E-state index in [0.29, 0.717) is 20.8 Å². The van der Waals surface area contributed by atoms with Crippen molar-refractivity contribution in [3.8, 4) is 0 Å². The minimum absolute atomic E-state index is 0.176. The summed E-state index contributed by atoms with van der Waals surface area (Å²) in [5, 5.41) is 0. The molecule has 1 aliphatic rings. The topological polar surface area (TPSA) is 46.3 Å². The first-order valence-electron chi connectivity index (χ1n) is 5.48. The maximum Gasteiger partial charge on any atom is 0.272 e. The van der Waals surface area contributed by atoms with E-state index in [2.05, 4.69) is 4.98 Å². The lowest BCUT2D eigenvalue weighted by Gasteiger charge is -2.12. The van der Waals surface area contributed by atoms with E-state index in [1.807, 2.05) is 6.07 Å². The fraction of sp³-hybridized carbons (Fsp3) is 0. The summed E-state index contributed by atoms with van der Waals surface area (Å²) < 4.78 is 5.67. The first kappa shape index (κ1) is 12.1. The third-order valence-corrected chi connectivity index (χ3v) is 3.79. The van der Waals surface area contributed by atoms with Crippen LogP contribution in [0.15, 0.2) is 52.1 Å². The smallest absolute Gasteiger partial charge is 0.272 e. The molecule has 3 rings (SSSR count). The summed E-state index contributed by atoms with van der Waals surface area (Å²) in [6.45, 7) is 0. The van der Waals surface area contributed by atoms with E-state index in [1.165, 1.54) is 16.7 Å². The van der Waals surface area contributed by atoms with Crippen LogP contribution >= 0.6 is 24.0 Å². The molecule has 1 saturated heterocycles. The molecule has 0 saturated carbocycles. The van der Waals surface area contributed by atoms with Crippen molar-refractivity contribution in [3.63, 3.8) is 0 Å². The fourth-order valence-electron chi connectivity index (χ4n) is 1.65. The van der Waals surface area contributed by atoms with E-state index >= 15 is 0 Å². The maximum atomic E-state index is 12.3. The highest BCUT2D eigenvalue weighted by Gasteiger charge is 2.34. The molecule has 3 heterocycles. The molecule has 0 aliphatic carbocycles. The van der Waals surface area contributed by atoms with Crippen molar-refractivity contribution in [2.45, 2.75) is 0 Å². The lowest BCUT2D eigenvalue weighted by Crippen LogP contribution is -2.28. The number of thiocarbonyl (C=S) groups is 1. The second-order valence-electron chi connectivity index (χ2n) is 3.72. The van der Waals surface area contributed by atoms with Gasteiger partial charge in [0, 0.05) is 12.3 Å². The number of nitrogens with zero attached hydrogens (tertiary/aromatic N) is 2. The molecule has 19 heavy (non-hydrogen) atoms. The predicted molar refractivity (Wildman–Crippen MR) is 78.6 cm³/mol. The van der Waals surface area contributed by atoms with Crippen molar-refractivity contribution in [1.29, 1.82) is 0 Å². The van der Waals surface area contributed by atoms with Crippen LogP contribution in [-0.4, -0.2) is 15.2 Å². The third kappa shape index (κ3) is 2.32. The molecular formula is C13H8N2O2S2. The van der Waals surface area contributed by atoms with Crippen LogP contribution in [-0.2, 0) is 4.79 Å². The van der Waals surface area contributed by atoms with Gasteiger partial charge in [-0.15, -0.1) is 0 Å². The Labute approximate surface area is 119 Å². The Morgan fingerprint density at radius 2 is 2.21 bits per heavy atom. The van der Waals surface area contributed by atoms with E-state index in [4.69, 9.17) is 16.6 Å². The molecule has 0 bridgehead atoms. The number of pyridine rings is 1. The van der Waals surface area contributed by atoms with Crippen LogP contribution in [0.4, 0.5) is 5.82 Å². The predicted octanol–water partition coefficient (Wildman–Crippen LogP) is 3.08. The minimum Gasteiger partial charge on any atom is -0.465 e. The number of rotatable bonds is 2. The highest BCUT2D eigenvalue weighted by atomic mass is 32.2. The molecule has 0 radical (unpaired) electrons. The molecule has 0 atom stereocenters. The van der Waals surface area contributed by atoms with Gasteiger partial charge in [-0.25, -0.2) is 9.88 Å². The summed E-state index contributed by atoms with van der Waals surface area (Å²) in [6.07, 6.45) is 4.87. The van der Waals surface area contributed by atoms with Crippen molar-refractivity contribution in [1.82, 2.24) is 4.98 Å². The van der Waals surface area contributed by atoms with Crippen LogP contribution < -0.4 is 4.90 Å². The van der Waals surface area contributed by atoms with Crippen LogP contribution in [0.25, 0.3) is 6.08 Å². The number of aromatic nitrogens is 1. The van der Waals surface area contributed by atoms with E-state index in [1.54, 1.807) is 42.8 Å². The van der Waals surface area contributed by atoms with Crippen LogP contribution in [0.1, 0.15) is 5.76 Å². The number of carbonyl (C=O) groups excluding carboxylic acids is 1. The van der Waals surface area contributed by atoms with Crippen molar-refractivity contribution < 1.29 is 9.21 Å². The van der Waals surface area contributed by atoms with Crippen LogP contribution in [0.5, 0.6) is 0 Å². The number of hydrogen-bond donors (Lipinski definition) is 0. The van der Waals surface area contributed by atoms with E-state index in [9.17, 15) is 4.79 Å². The summed E-state index contributed by atoms with van der Waals surface area (Å²) in [5.41, 5.74) is 0. The first-order chi connectivity index (χ1) is 9.25. The average Bonchev–Trinajstić information content (AvgIpc) is 3.01. The lowest BCUT2D eigenvalue weighted by atomic mass is 10.3. The average molecular weight is 288 g/mol. The van der Waals surface area contributed by atoms with E-state index in [0.717, 1.165) is 0 Å². The first-order valence-corrected chi connectivity index (χ1v) is 6.71. The van der Waals surface area contributed by atoms with Gasteiger partial charge in [-0.05, 0) is 24.3 Å². The monoisotopic (exact) mass is 288 g/mol. The highest BCUT2D eigenvalue weighted by molar-refractivity contribution is 8.27. The Morgan fingerprint density at radius 1 is 1.32 bits per heavy atom. The number of anilines is 1. The van der Waals surface area contributed by atoms with Crippen LogP contribution in [0.3, 0.4) is 0 Å². The zero-order valence-electron chi connectivity index (χ0n) is 9.65. The summed E-state index contributed by atoms with van der Waals surface area (Å²) in [4.78, 5) is 18.4. The molecule has 2 aromatic heterocycles. The molecule has 4 nitrogen and oxygen atoms in total. The normalized spacial score (nSPS) is 17.5. The molecule has 94 valence electrons. The molecule has 6 heteroatoms. The van der Waals surface area contributed by atoms with Gasteiger partial charge in [-0.1, -0.05) is 30.0 Å². The molecule has 0 unspecified atom stereocenters. The van der Waals surface area contributed by atoms with Crippen LogP contribution in [0.2, 0.25) is 0 Å².